The van der Waals surface area contributed by atoms with Crippen LogP contribution in [0.5, 0.6) is 0 Å². The van der Waals surface area contributed by atoms with Crippen molar-refractivity contribution < 1.29 is 18.4 Å². The van der Waals surface area contributed by atoms with Gasteiger partial charge in [-0.3, -0.25) is 9.59 Å². The lowest BCUT2D eigenvalue weighted by Gasteiger charge is -2.06. The van der Waals surface area contributed by atoms with Gasteiger partial charge in [-0.05, 0) is 36.4 Å². The molecule has 0 saturated heterocycles. The number of rotatable bonds is 6. The largest absolute Gasteiger partial charge is 0.325 e. The molecule has 0 radical (unpaired) electrons. The Morgan fingerprint density at radius 1 is 0.826 bits per heavy atom. The maximum atomic E-state index is 13.0. The third-order valence-electron chi connectivity index (χ3n) is 2.68. The molecule has 0 fully saturated rings. The summed E-state index contributed by atoms with van der Waals surface area (Å²) < 4.78 is 25.9. The Morgan fingerprint density at radius 3 is 1.65 bits per heavy atom. The third-order valence-corrected chi connectivity index (χ3v) is 3.62. The number of anilines is 2. The van der Waals surface area contributed by atoms with Gasteiger partial charge in [-0.15, -0.1) is 11.8 Å². The van der Waals surface area contributed by atoms with Crippen LogP contribution in [0.4, 0.5) is 20.2 Å². The summed E-state index contributed by atoms with van der Waals surface area (Å²) in [6.45, 7) is 0. The van der Waals surface area contributed by atoms with Crippen molar-refractivity contribution in [3.05, 3.63) is 60.2 Å². The lowest BCUT2D eigenvalue weighted by molar-refractivity contribution is -0.114. The fourth-order valence-corrected chi connectivity index (χ4v) is 2.38. The number of nitrogens with one attached hydrogen (secondary N) is 2. The molecular weight excluding hydrogens is 322 g/mol. The second-order valence-corrected chi connectivity index (χ2v) is 5.60. The van der Waals surface area contributed by atoms with Gasteiger partial charge < -0.3 is 10.6 Å². The van der Waals surface area contributed by atoms with Gasteiger partial charge in [-0.25, -0.2) is 8.78 Å². The van der Waals surface area contributed by atoms with E-state index >= 15 is 0 Å². The maximum absolute atomic E-state index is 13.0. The van der Waals surface area contributed by atoms with Crippen LogP contribution in [0.25, 0.3) is 0 Å². The minimum Gasteiger partial charge on any atom is -0.325 e. The molecule has 23 heavy (non-hydrogen) atoms. The molecule has 0 bridgehead atoms. The fourth-order valence-electron chi connectivity index (χ4n) is 1.76. The smallest absolute Gasteiger partial charge is 0.234 e. The van der Waals surface area contributed by atoms with E-state index in [4.69, 9.17) is 0 Å². The number of amides is 2. The van der Waals surface area contributed by atoms with E-state index in [0.29, 0.717) is 11.4 Å². The first-order valence-corrected chi connectivity index (χ1v) is 7.87. The molecule has 2 rings (SSSR count). The molecule has 0 unspecified atom stereocenters. The molecule has 0 atom stereocenters. The molecule has 0 aliphatic carbocycles. The zero-order valence-corrected chi connectivity index (χ0v) is 12.8. The van der Waals surface area contributed by atoms with Crippen molar-refractivity contribution in [1.29, 1.82) is 0 Å². The van der Waals surface area contributed by atoms with Crippen molar-refractivity contribution >= 4 is 35.0 Å². The van der Waals surface area contributed by atoms with Gasteiger partial charge in [-0.2, -0.15) is 0 Å². The Balaban J connectivity index is 1.71. The Labute approximate surface area is 136 Å². The zero-order valence-electron chi connectivity index (χ0n) is 12.0. The SMILES string of the molecule is O=C(CSCC(=O)Nc1cccc(F)c1)Nc1cccc(F)c1. The average molecular weight is 336 g/mol. The summed E-state index contributed by atoms with van der Waals surface area (Å²) in [5, 5.41) is 5.07. The Morgan fingerprint density at radius 2 is 1.26 bits per heavy atom. The Bertz CT molecular complexity index is 650. The summed E-state index contributed by atoms with van der Waals surface area (Å²) in [5.41, 5.74) is 0.722. The second-order valence-electron chi connectivity index (χ2n) is 4.61. The van der Waals surface area contributed by atoms with Gasteiger partial charge in [0.05, 0.1) is 11.5 Å². The van der Waals surface area contributed by atoms with Crippen LogP contribution in [0.3, 0.4) is 0 Å². The van der Waals surface area contributed by atoms with Crippen molar-refractivity contribution in [3.8, 4) is 0 Å². The molecule has 7 heteroatoms. The third kappa shape index (κ3) is 6.07. The number of thioether (sulfide) groups is 1. The zero-order chi connectivity index (χ0) is 16.7. The molecule has 2 N–H and O–H groups in total. The van der Waals surface area contributed by atoms with Crippen LogP contribution in [0.1, 0.15) is 0 Å². The molecule has 2 aromatic carbocycles. The summed E-state index contributed by atoms with van der Waals surface area (Å²) in [7, 11) is 0. The molecule has 120 valence electrons. The van der Waals surface area contributed by atoms with E-state index in [2.05, 4.69) is 10.6 Å². The van der Waals surface area contributed by atoms with E-state index in [1.807, 2.05) is 0 Å². The van der Waals surface area contributed by atoms with E-state index in [0.717, 1.165) is 11.8 Å². The highest BCUT2D eigenvalue weighted by Gasteiger charge is 2.07. The molecule has 0 aliphatic heterocycles. The number of halogens is 2. The van der Waals surface area contributed by atoms with E-state index < -0.39 is 11.6 Å². The second kappa shape index (κ2) is 8.28. The number of hydrogen-bond acceptors (Lipinski definition) is 3. The topological polar surface area (TPSA) is 58.2 Å². The number of hydrogen-bond donors (Lipinski definition) is 2. The number of benzene rings is 2. The molecule has 2 aromatic rings. The minimum absolute atomic E-state index is 0.0487. The predicted octanol–water partition coefficient (Wildman–Crippen LogP) is 3.28. The fraction of sp³-hybridized carbons (Fsp3) is 0.125. The first kappa shape index (κ1) is 17.0. The van der Waals surface area contributed by atoms with Gasteiger partial charge in [0.15, 0.2) is 0 Å². The van der Waals surface area contributed by atoms with Gasteiger partial charge in [0.25, 0.3) is 0 Å². The van der Waals surface area contributed by atoms with Crippen molar-refractivity contribution in [2.45, 2.75) is 0 Å². The van der Waals surface area contributed by atoms with Crippen LogP contribution < -0.4 is 10.6 Å². The van der Waals surface area contributed by atoms with Crippen LogP contribution in [-0.4, -0.2) is 23.3 Å². The van der Waals surface area contributed by atoms with Gasteiger partial charge >= 0.3 is 0 Å². The Hall–Kier alpha value is -2.41. The minimum atomic E-state index is -0.440. The van der Waals surface area contributed by atoms with Gasteiger partial charge in [0, 0.05) is 11.4 Å². The maximum Gasteiger partial charge on any atom is 0.234 e. The van der Waals surface area contributed by atoms with Crippen LogP contribution in [0.15, 0.2) is 48.5 Å². The van der Waals surface area contributed by atoms with Crippen LogP contribution >= 0.6 is 11.8 Å². The molecule has 0 heterocycles. The molecule has 2 amide bonds. The van der Waals surface area contributed by atoms with Gasteiger partial charge in [0.2, 0.25) is 11.8 Å². The monoisotopic (exact) mass is 336 g/mol. The van der Waals surface area contributed by atoms with E-state index in [-0.39, 0.29) is 23.3 Å². The van der Waals surface area contributed by atoms with Gasteiger partial charge in [-0.1, -0.05) is 12.1 Å². The van der Waals surface area contributed by atoms with E-state index in [1.165, 1.54) is 36.4 Å². The van der Waals surface area contributed by atoms with Crippen molar-refractivity contribution in [1.82, 2.24) is 0 Å². The average Bonchev–Trinajstić information content (AvgIpc) is 2.47. The van der Waals surface area contributed by atoms with E-state index in [1.54, 1.807) is 12.1 Å². The molecule has 0 aromatic heterocycles. The molecule has 0 spiro atoms. The molecule has 4 nitrogen and oxygen atoms in total. The highest BCUT2D eigenvalue weighted by molar-refractivity contribution is 8.00. The highest BCUT2D eigenvalue weighted by atomic mass is 32.2. The van der Waals surface area contributed by atoms with E-state index in [9.17, 15) is 18.4 Å². The summed E-state index contributed by atoms with van der Waals surface area (Å²) in [6.07, 6.45) is 0. The lowest BCUT2D eigenvalue weighted by Crippen LogP contribution is -2.18. The number of carbonyl (C=O) groups excluding carboxylic acids is 2. The molecular formula is C16H14F2N2O2S. The summed E-state index contributed by atoms with van der Waals surface area (Å²) in [5.74, 6) is -1.45. The van der Waals surface area contributed by atoms with Gasteiger partial charge in [0.1, 0.15) is 11.6 Å². The normalized spacial score (nSPS) is 10.2. The van der Waals surface area contributed by atoms with Crippen molar-refractivity contribution in [2.24, 2.45) is 0 Å². The first-order valence-electron chi connectivity index (χ1n) is 6.71. The molecule has 0 saturated carbocycles. The quantitative estimate of drug-likeness (QED) is 0.851. The lowest BCUT2D eigenvalue weighted by atomic mass is 10.3. The summed E-state index contributed by atoms with van der Waals surface area (Å²) in [4.78, 5) is 23.3. The standard InChI is InChI=1S/C16H14F2N2O2S/c17-11-3-1-5-13(7-11)19-15(21)9-23-10-16(22)20-14-6-2-4-12(18)8-14/h1-8H,9-10H2,(H,19,21)(H,20,22). The summed E-state index contributed by atoms with van der Waals surface area (Å²) >= 11 is 1.10. The Kier molecular flexibility index (Phi) is 6.10. The predicted molar refractivity (Wildman–Crippen MR) is 87.4 cm³/mol. The first-order chi connectivity index (χ1) is 11.0. The number of carbonyl (C=O) groups is 2. The van der Waals surface area contributed by atoms with Crippen molar-refractivity contribution in [2.75, 3.05) is 22.1 Å². The summed E-state index contributed by atoms with van der Waals surface area (Å²) in [6, 6.07) is 11.1. The van der Waals surface area contributed by atoms with Crippen LogP contribution in [0.2, 0.25) is 0 Å². The van der Waals surface area contributed by atoms with Crippen molar-refractivity contribution in [3.63, 3.8) is 0 Å². The highest BCUT2D eigenvalue weighted by Crippen LogP contribution is 2.12. The molecule has 0 aliphatic rings. The van der Waals surface area contributed by atoms with Crippen LogP contribution in [0, 0.1) is 11.6 Å². The van der Waals surface area contributed by atoms with Crippen LogP contribution in [-0.2, 0) is 9.59 Å².